The minimum atomic E-state index is -0.388. The van der Waals surface area contributed by atoms with E-state index in [0.29, 0.717) is 49.0 Å². The molecule has 0 spiro atoms. The van der Waals surface area contributed by atoms with Gasteiger partial charge in [-0.2, -0.15) is 5.26 Å². The topological polar surface area (TPSA) is 108 Å². The largest absolute Gasteiger partial charge is 0.378 e. The van der Waals surface area contributed by atoms with Crippen LogP contribution in [0.2, 0.25) is 0 Å². The zero-order valence-electron chi connectivity index (χ0n) is 16.8. The van der Waals surface area contributed by atoms with E-state index in [4.69, 9.17) is 4.74 Å². The Morgan fingerprint density at radius 2 is 2.00 bits per heavy atom. The van der Waals surface area contributed by atoms with Crippen molar-refractivity contribution < 1.29 is 9.66 Å². The molecule has 1 aromatic heterocycles. The smallest absolute Gasteiger partial charge is 0.293 e. The third-order valence-electron chi connectivity index (χ3n) is 5.33. The predicted molar refractivity (Wildman–Crippen MR) is 115 cm³/mol. The molecule has 4 rings (SSSR count). The number of hydrogen-bond donors (Lipinski definition) is 1. The van der Waals surface area contributed by atoms with Crippen molar-refractivity contribution in [2.75, 3.05) is 31.2 Å². The number of aromatic nitrogens is 2. The summed E-state index contributed by atoms with van der Waals surface area (Å²) in [5, 5.41) is 21.3. The van der Waals surface area contributed by atoms with E-state index < -0.39 is 0 Å². The second-order valence-corrected chi connectivity index (χ2v) is 7.31. The van der Waals surface area contributed by atoms with Gasteiger partial charge in [-0.3, -0.25) is 10.1 Å². The van der Waals surface area contributed by atoms with Crippen molar-refractivity contribution in [1.82, 2.24) is 9.97 Å². The van der Waals surface area contributed by atoms with Crippen LogP contribution >= 0.6 is 0 Å². The van der Waals surface area contributed by atoms with Crippen molar-refractivity contribution in [2.24, 2.45) is 0 Å². The van der Waals surface area contributed by atoms with Crippen molar-refractivity contribution in [3.8, 4) is 6.07 Å². The molecule has 1 aliphatic heterocycles. The van der Waals surface area contributed by atoms with E-state index in [1.54, 1.807) is 18.2 Å². The number of hydrogen-bond acceptors (Lipinski definition) is 6. The Kier molecular flexibility index (Phi) is 5.21. The summed E-state index contributed by atoms with van der Waals surface area (Å²) in [5.41, 5.74) is 5.35. The SMILES string of the molecule is Cc1cc2nc(C(C#N)=Cc3ccc(N4CCOCC4)c([N+](=O)[O-])c3)[nH]c2cc1C. The third kappa shape index (κ3) is 3.75. The summed E-state index contributed by atoms with van der Waals surface area (Å²) >= 11 is 0. The second kappa shape index (κ2) is 7.97. The quantitative estimate of drug-likeness (QED) is 0.401. The summed E-state index contributed by atoms with van der Waals surface area (Å²) in [6, 6.07) is 11.1. The molecular formula is C22H21N5O3. The van der Waals surface area contributed by atoms with E-state index in [2.05, 4.69) is 16.0 Å². The Hall–Kier alpha value is -3.70. The normalized spacial score (nSPS) is 14.7. The van der Waals surface area contributed by atoms with Gasteiger partial charge in [0.1, 0.15) is 17.6 Å². The van der Waals surface area contributed by atoms with Crippen LogP contribution in [0.3, 0.4) is 0 Å². The standard InChI is InChI=1S/C22H21N5O3/c1-14-9-18-19(10-15(14)2)25-22(24-18)17(13-23)11-16-3-4-20(21(12-16)27(28)29)26-5-7-30-8-6-26/h3-4,9-12H,5-8H2,1-2H3,(H,24,25). The first-order valence-electron chi connectivity index (χ1n) is 9.66. The highest BCUT2D eigenvalue weighted by molar-refractivity contribution is 5.91. The molecular weight excluding hydrogens is 382 g/mol. The zero-order valence-corrected chi connectivity index (χ0v) is 16.8. The number of fused-ring (bicyclic) bond motifs is 1. The van der Waals surface area contributed by atoms with Gasteiger partial charge in [0.25, 0.3) is 5.69 Å². The van der Waals surface area contributed by atoms with E-state index in [1.165, 1.54) is 6.07 Å². The Labute approximate surface area is 173 Å². The molecule has 0 aliphatic carbocycles. The fourth-order valence-electron chi connectivity index (χ4n) is 3.57. The first-order valence-corrected chi connectivity index (χ1v) is 9.66. The molecule has 1 N–H and O–H groups in total. The number of ether oxygens (including phenoxy) is 1. The molecule has 0 atom stereocenters. The van der Waals surface area contributed by atoms with E-state index in [9.17, 15) is 15.4 Å². The highest BCUT2D eigenvalue weighted by Gasteiger charge is 2.22. The van der Waals surface area contributed by atoms with Gasteiger partial charge in [0.2, 0.25) is 0 Å². The zero-order chi connectivity index (χ0) is 21.3. The van der Waals surface area contributed by atoms with E-state index in [-0.39, 0.29) is 10.6 Å². The predicted octanol–water partition coefficient (Wildman–Crippen LogP) is 3.99. The minimum absolute atomic E-state index is 0.0128. The molecule has 1 saturated heterocycles. The number of nitro groups is 1. The number of aryl methyl sites for hydroxylation is 2. The molecule has 8 heteroatoms. The van der Waals surface area contributed by atoms with Crippen molar-refractivity contribution in [1.29, 1.82) is 5.26 Å². The van der Waals surface area contributed by atoms with Crippen LogP contribution in [-0.2, 0) is 4.74 Å². The van der Waals surface area contributed by atoms with Crippen LogP contribution in [-0.4, -0.2) is 41.2 Å². The lowest BCUT2D eigenvalue weighted by Gasteiger charge is -2.28. The Bertz CT molecular complexity index is 1160. The first-order chi connectivity index (χ1) is 14.5. The van der Waals surface area contributed by atoms with Gasteiger partial charge in [-0.15, -0.1) is 0 Å². The number of morpholine rings is 1. The minimum Gasteiger partial charge on any atom is -0.378 e. The molecule has 152 valence electrons. The van der Waals surface area contributed by atoms with E-state index in [0.717, 1.165) is 22.2 Å². The van der Waals surface area contributed by atoms with Crippen molar-refractivity contribution >= 4 is 34.1 Å². The molecule has 2 heterocycles. The van der Waals surface area contributed by atoms with Gasteiger partial charge in [0.15, 0.2) is 0 Å². The summed E-state index contributed by atoms with van der Waals surface area (Å²) < 4.78 is 5.33. The molecule has 0 bridgehead atoms. The number of nitro benzene ring substituents is 1. The number of rotatable bonds is 4. The molecule has 0 radical (unpaired) electrons. The van der Waals surface area contributed by atoms with Gasteiger partial charge in [0, 0.05) is 19.2 Å². The van der Waals surface area contributed by atoms with Crippen molar-refractivity contribution in [3.05, 3.63) is 63.0 Å². The number of allylic oxidation sites excluding steroid dienone is 1. The number of H-pyrrole nitrogens is 1. The number of anilines is 1. The fraction of sp³-hybridized carbons (Fsp3) is 0.273. The van der Waals surface area contributed by atoms with Crippen LogP contribution in [0.5, 0.6) is 0 Å². The molecule has 8 nitrogen and oxygen atoms in total. The fourth-order valence-corrected chi connectivity index (χ4v) is 3.57. The average molecular weight is 403 g/mol. The van der Waals surface area contributed by atoms with Crippen LogP contribution in [0.15, 0.2) is 30.3 Å². The van der Waals surface area contributed by atoms with E-state index >= 15 is 0 Å². The van der Waals surface area contributed by atoms with Gasteiger partial charge < -0.3 is 14.6 Å². The van der Waals surface area contributed by atoms with E-state index in [1.807, 2.05) is 30.9 Å². The third-order valence-corrected chi connectivity index (χ3v) is 5.33. The monoisotopic (exact) mass is 403 g/mol. The number of nitrogens with one attached hydrogen (secondary N) is 1. The van der Waals surface area contributed by atoms with Gasteiger partial charge in [-0.25, -0.2) is 4.98 Å². The number of benzene rings is 2. The molecule has 1 aliphatic rings. The van der Waals surface area contributed by atoms with Crippen LogP contribution < -0.4 is 4.90 Å². The maximum absolute atomic E-state index is 11.7. The highest BCUT2D eigenvalue weighted by atomic mass is 16.6. The van der Waals surface area contributed by atoms with Crippen LogP contribution in [0.1, 0.15) is 22.5 Å². The molecule has 3 aromatic rings. The highest BCUT2D eigenvalue weighted by Crippen LogP contribution is 2.31. The molecule has 30 heavy (non-hydrogen) atoms. The van der Waals surface area contributed by atoms with Gasteiger partial charge in [-0.05, 0) is 54.8 Å². The summed E-state index contributed by atoms with van der Waals surface area (Å²) in [7, 11) is 0. The van der Waals surface area contributed by atoms with Crippen LogP contribution in [0.4, 0.5) is 11.4 Å². The lowest BCUT2D eigenvalue weighted by molar-refractivity contribution is -0.384. The van der Waals surface area contributed by atoms with Gasteiger partial charge in [-0.1, -0.05) is 6.07 Å². The van der Waals surface area contributed by atoms with Crippen LogP contribution in [0.25, 0.3) is 22.7 Å². The van der Waals surface area contributed by atoms with Crippen molar-refractivity contribution in [2.45, 2.75) is 13.8 Å². The number of nitrogens with zero attached hydrogens (tertiary/aromatic N) is 4. The van der Waals surface area contributed by atoms with Gasteiger partial charge in [0.05, 0.1) is 34.7 Å². The van der Waals surface area contributed by atoms with Gasteiger partial charge >= 0.3 is 0 Å². The second-order valence-electron chi connectivity index (χ2n) is 7.31. The van der Waals surface area contributed by atoms with Crippen molar-refractivity contribution in [3.63, 3.8) is 0 Å². The first kappa shape index (κ1) is 19.6. The number of nitriles is 1. The maximum Gasteiger partial charge on any atom is 0.293 e. The number of imidazole rings is 1. The lowest BCUT2D eigenvalue weighted by atomic mass is 10.1. The molecule has 0 unspecified atom stereocenters. The van der Waals surface area contributed by atoms with Crippen LogP contribution in [0, 0.1) is 35.3 Å². The Morgan fingerprint density at radius 3 is 2.70 bits per heavy atom. The summed E-state index contributed by atoms with van der Waals surface area (Å²) in [6.45, 7) is 6.34. The number of aromatic amines is 1. The molecule has 0 amide bonds. The summed E-state index contributed by atoms with van der Waals surface area (Å²) in [4.78, 5) is 20.9. The summed E-state index contributed by atoms with van der Waals surface area (Å²) in [5.74, 6) is 0.442. The Balaban J connectivity index is 1.72. The average Bonchev–Trinajstić information content (AvgIpc) is 3.15. The Morgan fingerprint density at radius 1 is 1.27 bits per heavy atom. The summed E-state index contributed by atoms with van der Waals surface area (Å²) in [6.07, 6.45) is 1.62. The molecule has 2 aromatic carbocycles. The molecule has 0 saturated carbocycles. The molecule has 1 fully saturated rings. The maximum atomic E-state index is 11.7. The lowest BCUT2D eigenvalue weighted by Crippen LogP contribution is -2.36.